The van der Waals surface area contributed by atoms with E-state index in [4.69, 9.17) is 39.6 Å². The Morgan fingerprint density at radius 1 is 1.04 bits per heavy atom. The van der Waals surface area contributed by atoms with Gasteiger partial charge in [0.1, 0.15) is 36.9 Å². The number of esters is 1. The second-order valence-corrected chi connectivity index (χ2v) is 10.2. The standard InChI is InChI=1S/C32H37FN8O8/c1-5-22(6-2)49-32(43)48-18-47-31-39-29(40-41(31)30-36-12-7-13-37-30)27(38-21-10-8-20(9-11-21)28(34)35)24-16-23(44-4)17-25(26(24)33)46-15-14-45-19(3)42/h7-13,16-17,22,27,38H,5-6,14-15,18H2,1-4H3,(H3,34,35)/t27-/m1/s1. The van der Waals surface area contributed by atoms with E-state index in [1.165, 1.54) is 38.6 Å². The summed E-state index contributed by atoms with van der Waals surface area (Å²) in [5, 5.41) is 15.5. The zero-order chi connectivity index (χ0) is 35.3. The van der Waals surface area contributed by atoms with Crippen molar-refractivity contribution in [1.29, 1.82) is 5.41 Å². The molecule has 0 fully saturated rings. The fraction of sp³-hybridized carbons (Fsp3) is 0.344. The highest BCUT2D eigenvalue weighted by Gasteiger charge is 2.29. The number of methoxy groups -OCH3 is 1. The summed E-state index contributed by atoms with van der Waals surface area (Å²) in [4.78, 5) is 36.4. The van der Waals surface area contributed by atoms with Gasteiger partial charge < -0.3 is 39.5 Å². The molecule has 0 aliphatic rings. The molecule has 0 aliphatic heterocycles. The highest BCUT2D eigenvalue weighted by atomic mass is 19.1. The Morgan fingerprint density at radius 3 is 2.39 bits per heavy atom. The van der Waals surface area contributed by atoms with Crippen LogP contribution in [0.2, 0.25) is 0 Å². The van der Waals surface area contributed by atoms with Crippen LogP contribution < -0.4 is 25.3 Å². The smallest absolute Gasteiger partial charge is 0.497 e. The molecule has 0 saturated heterocycles. The van der Waals surface area contributed by atoms with E-state index in [2.05, 4.69) is 25.4 Å². The number of ether oxygens (including phenoxy) is 6. The minimum Gasteiger partial charge on any atom is -0.497 e. The number of carbonyl (C=O) groups is 2. The number of rotatable bonds is 17. The second-order valence-electron chi connectivity index (χ2n) is 10.2. The van der Waals surface area contributed by atoms with E-state index in [1.807, 2.05) is 13.8 Å². The molecule has 0 spiro atoms. The van der Waals surface area contributed by atoms with Crippen molar-refractivity contribution in [2.45, 2.75) is 45.8 Å². The normalized spacial score (nSPS) is 11.4. The van der Waals surface area contributed by atoms with Crippen LogP contribution in [0.25, 0.3) is 5.95 Å². The number of nitrogens with one attached hydrogen (secondary N) is 2. The van der Waals surface area contributed by atoms with Crippen molar-refractivity contribution in [3.8, 4) is 23.5 Å². The summed E-state index contributed by atoms with van der Waals surface area (Å²) in [6.07, 6.45) is 2.94. The first kappa shape index (κ1) is 35.8. The Kier molecular flexibility index (Phi) is 12.6. The van der Waals surface area contributed by atoms with Crippen molar-refractivity contribution in [3.05, 3.63) is 77.6 Å². The van der Waals surface area contributed by atoms with Crippen molar-refractivity contribution in [1.82, 2.24) is 24.7 Å². The third-order valence-electron chi connectivity index (χ3n) is 6.87. The molecule has 49 heavy (non-hydrogen) atoms. The van der Waals surface area contributed by atoms with E-state index in [9.17, 15) is 9.59 Å². The summed E-state index contributed by atoms with van der Waals surface area (Å²) in [6.45, 7) is 4.18. The van der Waals surface area contributed by atoms with Crippen LogP contribution in [0.3, 0.4) is 0 Å². The molecule has 4 aromatic rings. The van der Waals surface area contributed by atoms with E-state index in [0.717, 1.165) is 4.68 Å². The van der Waals surface area contributed by atoms with Crippen LogP contribution in [0.5, 0.6) is 17.5 Å². The first-order valence-corrected chi connectivity index (χ1v) is 15.2. The van der Waals surface area contributed by atoms with E-state index >= 15 is 4.39 Å². The molecular formula is C32H37FN8O8. The molecule has 16 nitrogen and oxygen atoms in total. The molecule has 0 unspecified atom stereocenters. The Hall–Kier alpha value is -6.00. The number of halogens is 1. The van der Waals surface area contributed by atoms with Crippen molar-refractivity contribution < 1.29 is 42.4 Å². The Labute approximate surface area is 281 Å². The van der Waals surface area contributed by atoms with Crippen LogP contribution in [0, 0.1) is 11.2 Å². The number of hydrogen-bond donors (Lipinski definition) is 3. The maximum Gasteiger partial charge on any atom is 0.511 e. The van der Waals surface area contributed by atoms with Gasteiger partial charge in [-0.15, -0.1) is 9.78 Å². The van der Waals surface area contributed by atoms with Crippen LogP contribution >= 0.6 is 0 Å². The molecule has 2 aromatic carbocycles. The van der Waals surface area contributed by atoms with Gasteiger partial charge >= 0.3 is 18.1 Å². The van der Waals surface area contributed by atoms with Crippen LogP contribution in [-0.2, 0) is 19.0 Å². The minimum absolute atomic E-state index is 0.000150. The predicted octanol–water partition coefficient (Wildman–Crippen LogP) is 4.31. The molecular weight excluding hydrogens is 643 g/mol. The topological polar surface area (TPSA) is 208 Å². The lowest BCUT2D eigenvalue weighted by atomic mass is 10.0. The number of anilines is 1. The van der Waals surface area contributed by atoms with Crippen molar-refractivity contribution in [3.63, 3.8) is 0 Å². The summed E-state index contributed by atoms with van der Waals surface area (Å²) in [7, 11) is 1.41. The zero-order valence-electron chi connectivity index (χ0n) is 27.3. The second kappa shape index (κ2) is 17.2. The van der Waals surface area contributed by atoms with E-state index in [-0.39, 0.29) is 60.0 Å². The minimum atomic E-state index is -1.14. The lowest BCUT2D eigenvalue weighted by molar-refractivity contribution is -0.141. The number of hydrogen-bond acceptors (Lipinski definition) is 14. The van der Waals surface area contributed by atoms with Crippen LogP contribution in [0.1, 0.15) is 56.6 Å². The van der Waals surface area contributed by atoms with Crippen molar-refractivity contribution in [2.24, 2.45) is 5.73 Å². The number of benzene rings is 2. The fourth-order valence-corrected chi connectivity index (χ4v) is 4.37. The van der Waals surface area contributed by atoms with E-state index in [0.29, 0.717) is 24.1 Å². The SMILES string of the molecule is CCC(CC)OC(=O)OCOc1nc([C@H](Nc2ccc(C(=N)N)cc2)c2cc(OC)cc(OCCOC(C)=O)c2F)nn1-c1ncccn1. The molecule has 4 N–H and O–H groups in total. The van der Waals surface area contributed by atoms with Gasteiger partial charge in [0.15, 0.2) is 17.4 Å². The molecule has 2 aromatic heterocycles. The lowest BCUT2D eigenvalue weighted by Crippen LogP contribution is -2.20. The van der Waals surface area contributed by atoms with Gasteiger partial charge in [-0.2, -0.15) is 4.98 Å². The summed E-state index contributed by atoms with van der Waals surface area (Å²) < 4.78 is 49.5. The van der Waals surface area contributed by atoms with Gasteiger partial charge in [-0.25, -0.2) is 19.2 Å². The van der Waals surface area contributed by atoms with Gasteiger partial charge in [-0.1, -0.05) is 13.8 Å². The largest absolute Gasteiger partial charge is 0.511 e. The number of nitrogens with zero attached hydrogens (tertiary/aromatic N) is 5. The molecule has 1 atom stereocenters. The van der Waals surface area contributed by atoms with E-state index in [1.54, 1.807) is 30.3 Å². The van der Waals surface area contributed by atoms with Crippen LogP contribution in [0.4, 0.5) is 14.9 Å². The third kappa shape index (κ3) is 9.75. The van der Waals surface area contributed by atoms with Gasteiger partial charge in [0.25, 0.3) is 5.95 Å². The Morgan fingerprint density at radius 2 is 1.76 bits per heavy atom. The molecule has 0 radical (unpaired) electrons. The molecule has 2 heterocycles. The molecule has 0 bridgehead atoms. The average molecular weight is 681 g/mol. The first-order chi connectivity index (χ1) is 23.6. The van der Waals surface area contributed by atoms with E-state index < -0.39 is 30.8 Å². The molecule has 4 rings (SSSR count). The number of nitrogen functional groups attached to an aromatic ring is 1. The Bertz CT molecular complexity index is 1720. The number of nitrogens with two attached hydrogens (primary N) is 1. The van der Waals surface area contributed by atoms with Gasteiger partial charge in [0.05, 0.1) is 7.11 Å². The molecule has 0 aliphatic carbocycles. The summed E-state index contributed by atoms with van der Waals surface area (Å²) in [5.41, 5.74) is 6.58. The van der Waals surface area contributed by atoms with Gasteiger partial charge in [-0.3, -0.25) is 10.2 Å². The zero-order valence-corrected chi connectivity index (χ0v) is 27.3. The summed E-state index contributed by atoms with van der Waals surface area (Å²) in [6, 6.07) is 9.59. The summed E-state index contributed by atoms with van der Waals surface area (Å²) >= 11 is 0. The van der Waals surface area contributed by atoms with Gasteiger partial charge in [0.2, 0.25) is 6.79 Å². The highest BCUT2D eigenvalue weighted by Crippen LogP contribution is 2.36. The maximum absolute atomic E-state index is 16.3. The molecule has 260 valence electrons. The fourth-order valence-electron chi connectivity index (χ4n) is 4.37. The monoisotopic (exact) mass is 680 g/mol. The summed E-state index contributed by atoms with van der Waals surface area (Å²) in [5.74, 6) is -1.34. The maximum atomic E-state index is 16.3. The quantitative estimate of drug-likeness (QED) is 0.0467. The lowest BCUT2D eigenvalue weighted by Gasteiger charge is -2.21. The van der Waals surface area contributed by atoms with Crippen LogP contribution in [-0.4, -0.2) is 75.9 Å². The predicted molar refractivity (Wildman–Crippen MR) is 172 cm³/mol. The number of amidine groups is 1. The van der Waals surface area contributed by atoms with Crippen LogP contribution in [0.15, 0.2) is 54.9 Å². The van der Waals surface area contributed by atoms with Crippen molar-refractivity contribution in [2.75, 3.05) is 32.4 Å². The molecule has 0 saturated carbocycles. The van der Waals surface area contributed by atoms with Gasteiger partial charge in [-0.05, 0) is 49.2 Å². The number of carbonyl (C=O) groups excluding carboxylic acids is 2. The van der Waals surface area contributed by atoms with Gasteiger partial charge in [0, 0.05) is 42.2 Å². The Balaban J connectivity index is 1.75. The van der Waals surface area contributed by atoms with Crippen molar-refractivity contribution >= 4 is 23.6 Å². The molecule has 0 amide bonds. The number of aromatic nitrogens is 5. The highest BCUT2D eigenvalue weighted by molar-refractivity contribution is 5.95. The molecule has 17 heteroatoms. The first-order valence-electron chi connectivity index (χ1n) is 15.2. The average Bonchev–Trinajstić information content (AvgIpc) is 3.53. The third-order valence-corrected chi connectivity index (χ3v) is 6.87.